The molecule has 0 radical (unpaired) electrons. The highest BCUT2D eigenvalue weighted by molar-refractivity contribution is 7.98. The molecular formula is C16H20N4OS. The molecular weight excluding hydrogens is 296 g/mol. The minimum absolute atomic E-state index is 0.0618. The molecule has 0 bridgehead atoms. The summed E-state index contributed by atoms with van der Waals surface area (Å²) in [7, 11) is 0. The molecule has 3 rings (SSSR count). The van der Waals surface area contributed by atoms with Crippen LogP contribution in [-0.2, 0) is 19.4 Å². The number of amides is 1. The van der Waals surface area contributed by atoms with Crippen molar-refractivity contribution < 1.29 is 4.79 Å². The van der Waals surface area contributed by atoms with E-state index in [4.69, 9.17) is 0 Å². The van der Waals surface area contributed by atoms with Crippen molar-refractivity contribution in [2.24, 2.45) is 0 Å². The molecule has 1 N–H and O–H groups in total. The molecule has 0 saturated carbocycles. The van der Waals surface area contributed by atoms with Crippen LogP contribution in [-0.4, -0.2) is 38.8 Å². The summed E-state index contributed by atoms with van der Waals surface area (Å²) in [6.45, 7) is 3.51. The van der Waals surface area contributed by atoms with Crippen molar-refractivity contribution in [2.45, 2.75) is 37.8 Å². The fraction of sp³-hybridized carbons (Fsp3) is 0.438. The Morgan fingerprint density at radius 3 is 3.14 bits per heavy atom. The van der Waals surface area contributed by atoms with Crippen LogP contribution in [0.25, 0.3) is 0 Å². The van der Waals surface area contributed by atoms with Gasteiger partial charge in [-0.25, -0.2) is 4.98 Å². The summed E-state index contributed by atoms with van der Waals surface area (Å²) in [5.74, 6) is 0.0618. The summed E-state index contributed by atoms with van der Waals surface area (Å²) in [6.07, 6.45) is 6.53. The van der Waals surface area contributed by atoms with Gasteiger partial charge in [0.15, 0.2) is 0 Å². The summed E-state index contributed by atoms with van der Waals surface area (Å²) < 4.78 is 0. The molecule has 1 amide bonds. The average Bonchev–Trinajstić information content (AvgIpc) is 2.97. The molecule has 116 valence electrons. The maximum absolute atomic E-state index is 12.8. The first-order valence-electron chi connectivity index (χ1n) is 7.57. The van der Waals surface area contributed by atoms with Gasteiger partial charge < -0.3 is 4.90 Å². The summed E-state index contributed by atoms with van der Waals surface area (Å²) in [5.41, 5.74) is 4.19. The number of aryl methyl sites for hydroxylation is 1. The van der Waals surface area contributed by atoms with E-state index in [0.717, 1.165) is 36.5 Å². The fourth-order valence-corrected chi connectivity index (χ4v) is 3.40. The van der Waals surface area contributed by atoms with Crippen LogP contribution >= 0.6 is 11.8 Å². The predicted molar refractivity (Wildman–Crippen MR) is 87.0 cm³/mol. The van der Waals surface area contributed by atoms with Crippen LogP contribution in [0.1, 0.15) is 40.7 Å². The first kappa shape index (κ1) is 15.1. The second kappa shape index (κ2) is 6.52. The van der Waals surface area contributed by atoms with Crippen LogP contribution in [0.15, 0.2) is 23.4 Å². The third kappa shape index (κ3) is 2.75. The molecule has 2 aromatic rings. The van der Waals surface area contributed by atoms with Crippen molar-refractivity contribution in [3.63, 3.8) is 0 Å². The second-order valence-electron chi connectivity index (χ2n) is 5.41. The average molecular weight is 316 g/mol. The van der Waals surface area contributed by atoms with Gasteiger partial charge in [0.2, 0.25) is 0 Å². The van der Waals surface area contributed by atoms with Gasteiger partial charge >= 0.3 is 0 Å². The van der Waals surface area contributed by atoms with E-state index in [9.17, 15) is 4.79 Å². The predicted octanol–water partition coefficient (Wildman–Crippen LogP) is 2.68. The van der Waals surface area contributed by atoms with Gasteiger partial charge in [-0.2, -0.15) is 5.10 Å². The lowest BCUT2D eigenvalue weighted by Crippen LogP contribution is -2.36. The van der Waals surface area contributed by atoms with Crippen molar-refractivity contribution in [1.82, 2.24) is 20.1 Å². The van der Waals surface area contributed by atoms with Gasteiger partial charge in [-0.05, 0) is 24.8 Å². The number of fused-ring (bicyclic) bond motifs is 1. The monoisotopic (exact) mass is 316 g/mol. The lowest BCUT2D eigenvalue weighted by atomic mass is 10.0. The molecule has 0 fully saturated rings. The van der Waals surface area contributed by atoms with E-state index < -0.39 is 0 Å². The van der Waals surface area contributed by atoms with Gasteiger partial charge in [0.1, 0.15) is 5.03 Å². The number of pyridine rings is 1. The highest BCUT2D eigenvalue weighted by Crippen LogP contribution is 2.25. The zero-order valence-corrected chi connectivity index (χ0v) is 13.7. The Morgan fingerprint density at radius 2 is 2.36 bits per heavy atom. The summed E-state index contributed by atoms with van der Waals surface area (Å²) in [6, 6.07) is 3.68. The first-order valence-corrected chi connectivity index (χ1v) is 8.80. The Hall–Kier alpha value is -1.82. The normalized spacial score (nSPS) is 14.0. The second-order valence-corrected chi connectivity index (χ2v) is 6.21. The van der Waals surface area contributed by atoms with E-state index >= 15 is 0 Å². The van der Waals surface area contributed by atoms with Crippen LogP contribution < -0.4 is 0 Å². The Balaban J connectivity index is 1.84. The number of nitrogens with zero attached hydrogens (tertiary/aromatic N) is 3. The summed E-state index contributed by atoms with van der Waals surface area (Å²) >= 11 is 1.51. The van der Waals surface area contributed by atoms with Crippen molar-refractivity contribution in [3.8, 4) is 0 Å². The Labute approximate surface area is 134 Å². The molecule has 0 unspecified atom stereocenters. The molecule has 1 aliphatic heterocycles. The maximum Gasteiger partial charge on any atom is 0.256 e. The van der Waals surface area contributed by atoms with Crippen LogP contribution in [0.4, 0.5) is 0 Å². The smallest absolute Gasteiger partial charge is 0.256 e. The van der Waals surface area contributed by atoms with Crippen molar-refractivity contribution in [2.75, 3.05) is 12.8 Å². The fourth-order valence-electron chi connectivity index (χ4n) is 2.86. The molecule has 6 heteroatoms. The largest absolute Gasteiger partial charge is 0.334 e. The molecule has 5 nitrogen and oxygen atoms in total. The third-order valence-corrected chi connectivity index (χ3v) is 4.70. The van der Waals surface area contributed by atoms with E-state index in [-0.39, 0.29) is 5.91 Å². The molecule has 2 aromatic heterocycles. The number of nitrogens with one attached hydrogen (secondary N) is 1. The number of thioether (sulfide) groups is 1. The van der Waals surface area contributed by atoms with Gasteiger partial charge in [0, 0.05) is 37.0 Å². The number of rotatable bonds is 4. The van der Waals surface area contributed by atoms with Crippen molar-refractivity contribution >= 4 is 17.7 Å². The van der Waals surface area contributed by atoms with Crippen LogP contribution in [0.2, 0.25) is 0 Å². The lowest BCUT2D eigenvalue weighted by Gasteiger charge is -2.27. The first-order chi connectivity index (χ1) is 10.7. The summed E-state index contributed by atoms with van der Waals surface area (Å²) in [5, 5.41) is 8.33. The molecule has 22 heavy (non-hydrogen) atoms. The van der Waals surface area contributed by atoms with E-state index in [1.54, 1.807) is 6.20 Å². The van der Waals surface area contributed by atoms with Gasteiger partial charge in [0.25, 0.3) is 5.91 Å². The van der Waals surface area contributed by atoms with Gasteiger partial charge in [0.05, 0.1) is 11.3 Å². The Morgan fingerprint density at radius 1 is 1.50 bits per heavy atom. The zero-order chi connectivity index (χ0) is 15.5. The number of carbonyl (C=O) groups is 1. The molecule has 3 heterocycles. The van der Waals surface area contributed by atoms with Crippen LogP contribution in [0, 0.1) is 0 Å². The number of aromatic nitrogens is 3. The SMILES string of the molecule is CCCc1n[nH]c2c1CN(C(=O)c1cccnc1SC)CC2. The molecule has 0 aromatic carbocycles. The number of aromatic amines is 1. The van der Waals surface area contributed by atoms with Crippen LogP contribution in [0.3, 0.4) is 0 Å². The number of hydrogen-bond acceptors (Lipinski definition) is 4. The topological polar surface area (TPSA) is 61.9 Å². The molecule has 0 atom stereocenters. The summed E-state index contributed by atoms with van der Waals surface area (Å²) in [4.78, 5) is 19.0. The van der Waals surface area contributed by atoms with Crippen molar-refractivity contribution in [3.05, 3.63) is 40.8 Å². The molecule has 0 saturated heterocycles. The minimum Gasteiger partial charge on any atom is -0.334 e. The Kier molecular flexibility index (Phi) is 4.47. The lowest BCUT2D eigenvalue weighted by molar-refractivity contribution is 0.0729. The number of H-pyrrole nitrogens is 1. The quantitative estimate of drug-likeness (QED) is 0.881. The minimum atomic E-state index is 0.0618. The van der Waals surface area contributed by atoms with E-state index in [0.29, 0.717) is 12.1 Å². The van der Waals surface area contributed by atoms with E-state index in [2.05, 4.69) is 22.1 Å². The van der Waals surface area contributed by atoms with E-state index in [1.165, 1.54) is 23.0 Å². The molecule has 1 aliphatic rings. The highest BCUT2D eigenvalue weighted by Gasteiger charge is 2.26. The number of carbonyl (C=O) groups excluding carboxylic acids is 1. The van der Waals surface area contributed by atoms with E-state index in [1.807, 2.05) is 23.3 Å². The standard InChI is InChI=1S/C16H20N4OS/c1-3-5-13-12-10-20(9-7-14(12)19-18-13)16(21)11-6-4-8-17-15(11)22-2/h4,6,8H,3,5,7,9-10H2,1-2H3,(H,18,19). The van der Waals surface area contributed by atoms with Gasteiger partial charge in [-0.15, -0.1) is 11.8 Å². The third-order valence-electron chi connectivity index (χ3n) is 3.99. The Bertz CT molecular complexity index is 683. The van der Waals surface area contributed by atoms with Crippen LogP contribution in [0.5, 0.6) is 0 Å². The zero-order valence-electron chi connectivity index (χ0n) is 12.9. The number of hydrogen-bond donors (Lipinski definition) is 1. The van der Waals surface area contributed by atoms with Crippen molar-refractivity contribution in [1.29, 1.82) is 0 Å². The highest BCUT2D eigenvalue weighted by atomic mass is 32.2. The molecule has 0 spiro atoms. The molecule has 0 aliphatic carbocycles. The van der Waals surface area contributed by atoms with Gasteiger partial charge in [-0.1, -0.05) is 13.3 Å². The maximum atomic E-state index is 12.8. The van der Waals surface area contributed by atoms with Gasteiger partial charge in [-0.3, -0.25) is 9.89 Å².